The molecule has 3 aromatic rings. The molecule has 0 aliphatic rings. The highest BCUT2D eigenvalue weighted by Gasteiger charge is 2.07. The molecule has 0 saturated carbocycles. The summed E-state index contributed by atoms with van der Waals surface area (Å²) in [5, 5.41) is 4.52. The Hall–Kier alpha value is -1.72. The number of pyridine rings is 1. The number of rotatable bonds is 3. The van der Waals surface area contributed by atoms with Crippen molar-refractivity contribution < 1.29 is 0 Å². The Balaban J connectivity index is 1.95. The smallest absolute Gasteiger partial charge is 0.156 e. The topological polar surface area (TPSA) is 56.2 Å². The van der Waals surface area contributed by atoms with E-state index in [1.807, 2.05) is 34.8 Å². The van der Waals surface area contributed by atoms with E-state index in [4.69, 9.17) is 5.73 Å². The zero-order valence-electron chi connectivity index (χ0n) is 10.3. The molecule has 3 rings (SSSR count). The van der Waals surface area contributed by atoms with Crippen molar-refractivity contribution in [3.63, 3.8) is 0 Å². The molecule has 0 atom stereocenters. The van der Waals surface area contributed by atoms with Crippen LogP contribution < -0.4 is 5.73 Å². The van der Waals surface area contributed by atoms with Gasteiger partial charge in [-0.15, -0.1) is 0 Å². The van der Waals surface area contributed by atoms with Gasteiger partial charge in [0.25, 0.3) is 0 Å². The summed E-state index contributed by atoms with van der Waals surface area (Å²) in [6.07, 6.45) is 0.721. The Morgan fingerprint density at radius 2 is 1.89 bits per heavy atom. The third kappa shape index (κ3) is 2.52. The van der Waals surface area contributed by atoms with Crippen LogP contribution in [0, 0.1) is 0 Å². The first kappa shape index (κ1) is 12.3. The van der Waals surface area contributed by atoms with Gasteiger partial charge in [0.05, 0.1) is 5.69 Å². The minimum atomic E-state index is 0.457. The fraction of sp³-hybridized carbons (Fsp3) is 0.143. The van der Waals surface area contributed by atoms with Gasteiger partial charge in [-0.25, -0.2) is 9.50 Å². The van der Waals surface area contributed by atoms with Crippen molar-refractivity contribution in [1.29, 1.82) is 0 Å². The lowest BCUT2D eigenvalue weighted by Gasteiger charge is -1.98. The lowest BCUT2D eigenvalue weighted by atomic mass is 10.1. The SMILES string of the molecule is NCc1cccc2nc(Cc3ccc(Br)cc3)nn12. The van der Waals surface area contributed by atoms with Gasteiger partial charge < -0.3 is 5.73 Å². The fourth-order valence-electron chi connectivity index (χ4n) is 2.02. The Kier molecular flexibility index (Phi) is 3.31. The van der Waals surface area contributed by atoms with Crippen LogP contribution in [0.3, 0.4) is 0 Å². The van der Waals surface area contributed by atoms with Crippen LogP contribution in [0.2, 0.25) is 0 Å². The van der Waals surface area contributed by atoms with Crippen LogP contribution in [0.15, 0.2) is 46.9 Å². The summed E-state index contributed by atoms with van der Waals surface area (Å²) in [6.45, 7) is 0.457. The van der Waals surface area contributed by atoms with Gasteiger partial charge in [0.15, 0.2) is 11.5 Å². The Morgan fingerprint density at radius 3 is 2.63 bits per heavy atom. The van der Waals surface area contributed by atoms with Crippen molar-refractivity contribution in [3.05, 3.63) is 64.0 Å². The van der Waals surface area contributed by atoms with Crippen LogP contribution in [0.5, 0.6) is 0 Å². The van der Waals surface area contributed by atoms with E-state index in [0.29, 0.717) is 6.54 Å². The molecule has 1 aromatic carbocycles. The molecule has 0 bridgehead atoms. The number of nitrogens with zero attached hydrogens (tertiary/aromatic N) is 3. The van der Waals surface area contributed by atoms with E-state index < -0.39 is 0 Å². The van der Waals surface area contributed by atoms with Crippen LogP contribution >= 0.6 is 15.9 Å². The zero-order chi connectivity index (χ0) is 13.2. The molecule has 0 aliphatic heterocycles. The molecule has 4 nitrogen and oxygen atoms in total. The summed E-state index contributed by atoms with van der Waals surface area (Å²) >= 11 is 3.43. The quantitative estimate of drug-likeness (QED) is 0.808. The van der Waals surface area contributed by atoms with Crippen molar-refractivity contribution in [2.75, 3.05) is 0 Å². The second kappa shape index (κ2) is 5.11. The molecular formula is C14H13BrN4. The normalized spacial score (nSPS) is 11.1. The minimum absolute atomic E-state index is 0.457. The Bertz CT molecular complexity index is 703. The minimum Gasteiger partial charge on any atom is -0.325 e. The summed E-state index contributed by atoms with van der Waals surface area (Å²) in [4.78, 5) is 4.52. The fourth-order valence-corrected chi connectivity index (χ4v) is 2.28. The Morgan fingerprint density at radius 1 is 1.11 bits per heavy atom. The van der Waals surface area contributed by atoms with E-state index in [0.717, 1.165) is 28.1 Å². The van der Waals surface area contributed by atoms with Crippen LogP contribution in [0.1, 0.15) is 17.1 Å². The molecule has 0 spiro atoms. The molecule has 0 aliphatic carbocycles. The summed E-state index contributed by atoms with van der Waals surface area (Å²) in [5.41, 5.74) is 8.70. The molecule has 0 radical (unpaired) electrons. The number of aromatic nitrogens is 3. The lowest BCUT2D eigenvalue weighted by Crippen LogP contribution is -2.04. The van der Waals surface area contributed by atoms with Crippen LogP contribution in [0.4, 0.5) is 0 Å². The maximum Gasteiger partial charge on any atom is 0.156 e. The van der Waals surface area contributed by atoms with E-state index in [1.54, 1.807) is 0 Å². The highest BCUT2D eigenvalue weighted by molar-refractivity contribution is 9.10. The molecule has 19 heavy (non-hydrogen) atoms. The lowest BCUT2D eigenvalue weighted by molar-refractivity contribution is 0.826. The van der Waals surface area contributed by atoms with E-state index in [9.17, 15) is 0 Å². The van der Waals surface area contributed by atoms with Gasteiger partial charge in [-0.2, -0.15) is 5.10 Å². The first-order valence-corrected chi connectivity index (χ1v) is 6.83. The number of hydrogen-bond acceptors (Lipinski definition) is 3. The van der Waals surface area contributed by atoms with E-state index in [2.05, 4.69) is 38.1 Å². The standard InChI is InChI=1S/C14H13BrN4/c15-11-6-4-10(5-7-11)8-13-17-14-3-1-2-12(9-16)19(14)18-13/h1-7H,8-9,16H2. The second-order valence-corrected chi connectivity index (χ2v) is 5.24. The summed E-state index contributed by atoms with van der Waals surface area (Å²) in [5.74, 6) is 0.809. The van der Waals surface area contributed by atoms with Gasteiger partial charge in [-0.1, -0.05) is 34.1 Å². The predicted molar refractivity (Wildman–Crippen MR) is 77.8 cm³/mol. The molecule has 96 valence electrons. The molecule has 2 aromatic heterocycles. The second-order valence-electron chi connectivity index (χ2n) is 4.32. The zero-order valence-corrected chi connectivity index (χ0v) is 11.8. The van der Waals surface area contributed by atoms with Gasteiger partial charge in [-0.05, 0) is 29.8 Å². The highest BCUT2D eigenvalue weighted by atomic mass is 79.9. The Labute approximate surface area is 119 Å². The van der Waals surface area contributed by atoms with Gasteiger partial charge in [0, 0.05) is 17.4 Å². The van der Waals surface area contributed by atoms with Crippen molar-refractivity contribution in [3.8, 4) is 0 Å². The maximum absolute atomic E-state index is 5.70. The monoisotopic (exact) mass is 316 g/mol. The molecule has 0 unspecified atom stereocenters. The molecule has 2 heterocycles. The molecule has 5 heteroatoms. The average molecular weight is 317 g/mol. The number of nitrogens with two attached hydrogens (primary N) is 1. The average Bonchev–Trinajstić information content (AvgIpc) is 2.83. The van der Waals surface area contributed by atoms with Crippen LogP contribution in [-0.2, 0) is 13.0 Å². The van der Waals surface area contributed by atoms with Gasteiger partial charge in [-0.3, -0.25) is 0 Å². The number of fused-ring (bicyclic) bond motifs is 1. The number of benzene rings is 1. The maximum atomic E-state index is 5.70. The van der Waals surface area contributed by atoms with Gasteiger partial charge in [0.1, 0.15) is 0 Å². The molecular weight excluding hydrogens is 304 g/mol. The first-order valence-electron chi connectivity index (χ1n) is 6.04. The van der Waals surface area contributed by atoms with Gasteiger partial charge >= 0.3 is 0 Å². The van der Waals surface area contributed by atoms with Crippen molar-refractivity contribution in [2.45, 2.75) is 13.0 Å². The summed E-state index contributed by atoms with van der Waals surface area (Å²) in [7, 11) is 0. The largest absolute Gasteiger partial charge is 0.325 e. The van der Waals surface area contributed by atoms with E-state index in [-0.39, 0.29) is 0 Å². The molecule has 2 N–H and O–H groups in total. The van der Waals surface area contributed by atoms with Crippen molar-refractivity contribution >= 4 is 21.6 Å². The third-order valence-corrected chi connectivity index (χ3v) is 3.50. The predicted octanol–water partition coefficient (Wildman–Crippen LogP) is 2.54. The number of halogens is 1. The molecule has 0 fully saturated rings. The first-order chi connectivity index (χ1) is 9.26. The summed E-state index contributed by atoms with van der Waals surface area (Å²) < 4.78 is 2.89. The van der Waals surface area contributed by atoms with E-state index in [1.165, 1.54) is 5.56 Å². The molecule has 0 amide bonds. The highest BCUT2D eigenvalue weighted by Crippen LogP contribution is 2.13. The number of hydrogen-bond donors (Lipinski definition) is 1. The van der Waals surface area contributed by atoms with Crippen LogP contribution in [-0.4, -0.2) is 14.6 Å². The van der Waals surface area contributed by atoms with Crippen molar-refractivity contribution in [2.24, 2.45) is 5.73 Å². The third-order valence-electron chi connectivity index (χ3n) is 2.97. The van der Waals surface area contributed by atoms with Gasteiger partial charge in [0.2, 0.25) is 0 Å². The summed E-state index contributed by atoms with van der Waals surface area (Å²) in [6, 6.07) is 14.0. The van der Waals surface area contributed by atoms with Crippen molar-refractivity contribution in [1.82, 2.24) is 14.6 Å². The van der Waals surface area contributed by atoms with E-state index >= 15 is 0 Å². The molecule has 0 saturated heterocycles. The van der Waals surface area contributed by atoms with Crippen LogP contribution in [0.25, 0.3) is 5.65 Å².